The summed E-state index contributed by atoms with van der Waals surface area (Å²) in [6.07, 6.45) is 0.732. The zero-order valence-electron chi connectivity index (χ0n) is 13.8. The molecule has 1 aromatic rings. The third-order valence-electron chi connectivity index (χ3n) is 3.20. The van der Waals surface area contributed by atoms with Crippen LogP contribution in [-0.2, 0) is 16.2 Å². The molecule has 0 fully saturated rings. The van der Waals surface area contributed by atoms with Crippen molar-refractivity contribution >= 4 is 46.7 Å². The van der Waals surface area contributed by atoms with E-state index in [0.717, 1.165) is 5.56 Å². The number of nitrogens with one attached hydrogen (secondary N) is 1. The summed E-state index contributed by atoms with van der Waals surface area (Å²) in [7, 11) is 0. The highest BCUT2D eigenvalue weighted by Gasteiger charge is 2.33. The number of nitrogens with zero attached hydrogens (tertiary/aromatic N) is 3. The third kappa shape index (κ3) is 4.90. The van der Waals surface area contributed by atoms with Crippen LogP contribution >= 0.6 is 23.4 Å². The van der Waals surface area contributed by atoms with Crippen LogP contribution in [0.4, 0.5) is 4.79 Å². The van der Waals surface area contributed by atoms with Gasteiger partial charge in [-0.25, -0.2) is 9.79 Å². The Bertz CT molecular complexity index is 768. The summed E-state index contributed by atoms with van der Waals surface area (Å²) in [5.41, 5.74) is 14.8. The molecule has 5 N–H and O–H groups in total. The summed E-state index contributed by atoms with van der Waals surface area (Å²) in [6, 6.07) is 9.26. The number of halogens is 1. The molecule has 1 aliphatic heterocycles. The Morgan fingerprint density at radius 2 is 2.12 bits per heavy atom. The van der Waals surface area contributed by atoms with Gasteiger partial charge in [-0.2, -0.15) is 10.5 Å². The minimum absolute atomic E-state index is 0.0539. The molecule has 26 heavy (non-hydrogen) atoms. The molecule has 0 aliphatic carbocycles. The molecule has 138 valence electrons. The van der Waals surface area contributed by atoms with Crippen molar-refractivity contribution in [3.8, 4) is 0 Å². The van der Waals surface area contributed by atoms with Gasteiger partial charge in [-0.3, -0.25) is 4.79 Å². The Morgan fingerprint density at radius 1 is 1.42 bits per heavy atom. The highest BCUT2D eigenvalue weighted by molar-refractivity contribution is 8.11. The van der Waals surface area contributed by atoms with Gasteiger partial charge in [-0.15, -0.1) is 11.8 Å². The highest BCUT2D eigenvalue weighted by Crippen LogP contribution is 2.24. The summed E-state index contributed by atoms with van der Waals surface area (Å²) in [6.45, 7) is 0.243. The van der Waals surface area contributed by atoms with Crippen LogP contribution in [0.3, 0.4) is 0 Å². The van der Waals surface area contributed by atoms with Gasteiger partial charge in [-0.05, 0) is 11.8 Å². The van der Waals surface area contributed by atoms with E-state index in [1.807, 2.05) is 35.8 Å². The van der Waals surface area contributed by atoms with Gasteiger partial charge in [0.25, 0.3) is 0 Å². The molecule has 0 saturated carbocycles. The minimum Gasteiger partial charge on any atom is -0.384 e. The smallest absolute Gasteiger partial charge is 0.384 e. The molecule has 2 rings (SSSR count). The van der Waals surface area contributed by atoms with E-state index in [1.54, 1.807) is 6.26 Å². The van der Waals surface area contributed by atoms with Crippen LogP contribution in [0.25, 0.3) is 0 Å². The second-order valence-electron chi connectivity index (χ2n) is 4.99. The lowest BCUT2D eigenvalue weighted by Gasteiger charge is -2.33. The summed E-state index contributed by atoms with van der Waals surface area (Å²) in [4.78, 5) is 37.2. The van der Waals surface area contributed by atoms with E-state index in [-0.39, 0.29) is 23.9 Å². The summed E-state index contributed by atoms with van der Waals surface area (Å²) in [5.74, 6) is -0.886. The number of amides is 2. The Hall–Kier alpha value is -2.72. The van der Waals surface area contributed by atoms with Gasteiger partial charge >= 0.3 is 12.0 Å². The topological polar surface area (TPSA) is 135 Å². The molecule has 0 bridgehead atoms. The van der Waals surface area contributed by atoms with Crippen molar-refractivity contribution in [1.82, 2.24) is 10.4 Å². The SMILES string of the molecule is CSC=NC(=O)ONC(=O)C1=C(N)N=C(N)C(Cl)N1Cc1ccccc1. The number of carbonyl (C=O) groups is 2. The molecule has 0 spiro atoms. The standard InChI is InChI=1S/C15H17ClN6O3S/c1-26-8-19-15(24)25-21-14(23)10-12(17)20-13(18)11(16)22(10)7-9-5-3-2-4-6-9/h2-6,8,11H,7,17H2,1H3,(H2,18,20)(H,21,23). The monoisotopic (exact) mass is 396 g/mol. The van der Waals surface area contributed by atoms with Crippen LogP contribution in [0.5, 0.6) is 0 Å². The van der Waals surface area contributed by atoms with Gasteiger partial charge in [0.05, 0.1) is 5.55 Å². The minimum atomic E-state index is -0.984. The summed E-state index contributed by atoms with van der Waals surface area (Å²) in [5, 5.41) is 0. The second kappa shape index (κ2) is 9.11. The first-order valence-electron chi connectivity index (χ1n) is 7.29. The maximum Gasteiger partial charge on any atom is 0.458 e. The number of nitrogens with two attached hydrogens (primary N) is 2. The van der Waals surface area contributed by atoms with Crippen LogP contribution in [0, 0.1) is 0 Å². The average molecular weight is 397 g/mol. The van der Waals surface area contributed by atoms with Crippen molar-refractivity contribution in [1.29, 1.82) is 0 Å². The molecule has 0 radical (unpaired) electrons. The van der Waals surface area contributed by atoms with E-state index in [0.29, 0.717) is 0 Å². The summed E-state index contributed by atoms with van der Waals surface area (Å²) >= 11 is 7.49. The largest absolute Gasteiger partial charge is 0.458 e. The van der Waals surface area contributed by atoms with Crippen LogP contribution in [0.15, 0.2) is 51.8 Å². The molecule has 2 amide bonds. The lowest BCUT2D eigenvalue weighted by Crippen LogP contribution is -2.48. The van der Waals surface area contributed by atoms with Gasteiger partial charge in [0, 0.05) is 6.54 Å². The maximum absolute atomic E-state index is 12.4. The van der Waals surface area contributed by atoms with Gasteiger partial charge in [0.1, 0.15) is 5.84 Å². The fraction of sp³-hybridized carbons (Fsp3) is 0.200. The van der Waals surface area contributed by atoms with Crippen molar-refractivity contribution in [2.45, 2.75) is 12.0 Å². The molecule has 1 heterocycles. The van der Waals surface area contributed by atoms with E-state index in [9.17, 15) is 9.59 Å². The molecular weight excluding hydrogens is 380 g/mol. The molecule has 11 heteroatoms. The van der Waals surface area contributed by atoms with E-state index < -0.39 is 17.5 Å². The van der Waals surface area contributed by atoms with Gasteiger partial charge in [0.15, 0.2) is 17.0 Å². The number of rotatable bonds is 4. The Morgan fingerprint density at radius 3 is 2.77 bits per heavy atom. The first-order chi connectivity index (χ1) is 12.4. The molecule has 1 aromatic carbocycles. The number of hydrogen-bond donors (Lipinski definition) is 3. The van der Waals surface area contributed by atoms with Gasteiger partial charge in [0.2, 0.25) is 0 Å². The van der Waals surface area contributed by atoms with Crippen LogP contribution < -0.4 is 16.9 Å². The second-order valence-corrected chi connectivity index (χ2v) is 6.08. The zero-order valence-corrected chi connectivity index (χ0v) is 15.3. The number of hydroxylamine groups is 1. The number of alkyl halides is 1. The molecular formula is C15H17ClN6O3S. The van der Waals surface area contributed by atoms with Crippen LogP contribution in [-0.4, -0.2) is 40.0 Å². The fourth-order valence-electron chi connectivity index (χ4n) is 2.11. The maximum atomic E-state index is 12.4. The molecule has 0 saturated heterocycles. The van der Waals surface area contributed by atoms with E-state index in [2.05, 4.69) is 14.8 Å². The van der Waals surface area contributed by atoms with Crippen molar-refractivity contribution in [3.05, 3.63) is 47.4 Å². The lowest BCUT2D eigenvalue weighted by atomic mass is 10.2. The number of hydrogen-bond acceptors (Lipinski definition) is 8. The highest BCUT2D eigenvalue weighted by atomic mass is 35.5. The predicted octanol–water partition coefficient (Wildman–Crippen LogP) is 1.11. The quantitative estimate of drug-likeness (QED) is 0.228. The Labute approximate surface area is 159 Å². The van der Waals surface area contributed by atoms with Crippen molar-refractivity contribution in [3.63, 3.8) is 0 Å². The van der Waals surface area contributed by atoms with Crippen LogP contribution in [0.2, 0.25) is 0 Å². The van der Waals surface area contributed by atoms with Crippen molar-refractivity contribution in [2.24, 2.45) is 21.5 Å². The molecule has 1 aliphatic rings. The van der Waals surface area contributed by atoms with Crippen molar-refractivity contribution in [2.75, 3.05) is 6.26 Å². The zero-order chi connectivity index (χ0) is 19.1. The molecule has 0 aromatic heterocycles. The molecule has 9 nitrogen and oxygen atoms in total. The molecule has 1 atom stereocenters. The normalized spacial score (nSPS) is 17.2. The summed E-state index contributed by atoms with van der Waals surface area (Å²) < 4.78 is 0. The van der Waals surface area contributed by atoms with E-state index in [4.69, 9.17) is 23.1 Å². The predicted molar refractivity (Wildman–Crippen MR) is 101 cm³/mol. The number of benzene rings is 1. The Balaban J connectivity index is 2.20. The number of thioether (sulfide) groups is 1. The average Bonchev–Trinajstić information content (AvgIpc) is 2.63. The first-order valence-corrected chi connectivity index (χ1v) is 9.01. The first kappa shape index (κ1) is 19.6. The van der Waals surface area contributed by atoms with Crippen molar-refractivity contribution < 1.29 is 14.4 Å². The van der Waals surface area contributed by atoms with Crippen LogP contribution in [0.1, 0.15) is 5.56 Å². The third-order valence-corrected chi connectivity index (χ3v) is 3.98. The Kier molecular flexibility index (Phi) is 6.87. The van der Waals surface area contributed by atoms with Gasteiger partial charge < -0.3 is 21.2 Å². The van der Waals surface area contributed by atoms with E-state index >= 15 is 0 Å². The lowest BCUT2D eigenvalue weighted by molar-refractivity contribution is -0.127. The van der Waals surface area contributed by atoms with Gasteiger partial charge in [-0.1, -0.05) is 41.9 Å². The molecule has 1 unspecified atom stereocenters. The van der Waals surface area contributed by atoms with E-state index in [1.165, 1.54) is 22.2 Å². The number of amidine groups is 1. The number of carbonyl (C=O) groups excluding carboxylic acids is 2. The fourth-order valence-corrected chi connectivity index (χ4v) is 2.52. The number of aliphatic imine (C=N–C) groups is 2.